The standard InChI is InChI=1S/C38H31Cl2N5O5S2/c1-4-49-29-17-24(13-15-28(29)50-19-23-10-6-5-7-11-23)32-30(33(46)31-22(3)44-16-8-9-21(2)35(44)41-31)34(47)36(48)45(32)37-42-43-38(52-37)51-20-25-12-14-26(39)18-27(25)40/h5-18,32,46H,4,19-20H2,1-3H3/b33-30+. The van der Waals surface area contributed by atoms with Gasteiger partial charge in [-0.2, -0.15) is 0 Å². The van der Waals surface area contributed by atoms with Gasteiger partial charge in [-0.1, -0.05) is 94.8 Å². The summed E-state index contributed by atoms with van der Waals surface area (Å²) in [6.07, 6.45) is 1.83. The van der Waals surface area contributed by atoms with E-state index in [1.807, 2.05) is 73.0 Å². The Balaban J connectivity index is 1.31. The van der Waals surface area contributed by atoms with Crippen molar-refractivity contribution in [1.29, 1.82) is 0 Å². The molecule has 0 bridgehead atoms. The van der Waals surface area contributed by atoms with Crippen LogP contribution in [0.5, 0.6) is 11.5 Å². The van der Waals surface area contributed by atoms with Gasteiger partial charge in [0.15, 0.2) is 21.6 Å². The molecule has 14 heteroatoms. The highest BCUT2D eigenvalue weighted by atomic mass is 35.5. The van der Waals surface area contributed by atoms with Crippen LogP contribution in [0.2, 0.25) is 10.0 Å². The van der Waals surface area contributed by atoms with Gasteiger partial charge in [-0.15, -0.1) is 10.2 Å². The predicted molar refractivity (Wildman–Crippen MR) is 204 cm³/mol. The van der Waals surface area contributed by atoms with E-state index < -0.39 is 23.5 Å². The summed E-state index contributed by atoms with van der Waals surface area (Å²) in [6.45, 7) is 6.20. The molecule has 1 saturated heterocycles. The number of imidazole rings is 1. The van der Waals surface area contributed by atoms with Crippen molar-refractivity contribution in [2.75, 3.05) is 11.5 Å². The lowest BCUT2D eigenvalue weighted by Gasteiger charge is -2.23. The molecule has 3 aromatic carbocycles. The van der Waals surface area contributed by atoms with Crippen LogP contribution in [0.15, 0.2) is 95.0 Å². The number of aliphatic hydroxyl groups excluding tert-OH is 1. The minimum atomic E-state index is -1.09. The molecule has 10 nitrogen and oxygen atoms in total. The highest BCUT2D eigenvalue weighted by Crippen LogP contribution is 2.46. The molecule has 52 heavy (non-hydrogen) atoms. The number of thioether (sulfide) groups is 1. The number of ether oxygens (including phenoxy) is 2. The first-order valence-electron chi connectivity index (χ1n) is 16.2. The van der Waals surface area contributed by atoms with Crippen LogP contribution in [0.3, 0.4) is 0 Å². The third kappa shape index (κ3) is 6.86. The molecule has 0 radical (unpaired) electrons. The van der Waals surface area contributed by atoms with E-state index in [1.165, 1.54) is 16.7 Å². The maximum absolute atomic E-state index is 14.0. The molecule has 264 valence electrons. The van der Waals surface area contributed by atoms with Crippen LogP contribution in [0.25, 0.3) is 11.4 Å². The Morgan fingerprint density at radius 3 is 2.52 bits per heavy atom. The minimum Gasteiger partial charge on any atom is -0.505 e. The summed E-state index contributed by atoms with van der Waals surface area (Å²) in [7, 11) is 0. The van der Waals surface area contributed by atoms with Crippen molar-refractivity contribution >= 4 is 74.5 Å². The maximum atomic E-state index is 14.0. The molecule has 1 N–H and O–H groups in total. The van der Waals surface area contributed by atoms with Gasteiger partial charge >= 0.3 is 5.91 Å². The molecule has 3 aromatic heterocycles. The average molecular weight is 773 g/mol. The fourth-order valence-electron chi connectivity index (χ4n) is 5.97. The van der Waals surface area contributed by atoms with Crippen molar-refractivity contribution in [3.05, 3.63) is 134 Å². The Kier molecular flexibility index (Phi) is 10.2. The second-order valence-electron chi connectivity index (χ2n) is 11.9. The van der Waals surface area contributed by atoms with Crippen LogP contribution in [0.4, 0.5) is 5.13 Å². The number of anilines is 1. The number of amides is 1. The number of hydrogen-bond acceptors (Lipinski definition) is 10. The lowest BCUT2D eigenvalue weighted by molar-refractivity contribution is -0.132. The molecule has 0 saturated carbocycles. The molecule has 1 aliphatic rings. The predicted octanol–water partition coefficient (Wildman–Crippen LogP) is 9.01. The van der Waals surface area contributed by atoms with E-state index in [0.717, 1.165) is 28.0 Å². The van der Waals surface area contributed by atoms with Crippen LogP contribution in [-0.2, 0) is 21.9 Å². The number of aromatic nitrogens is 4. The van der Waals surface area contributed by atoms with Crippen molar-refractivity contribution in [2.24, 2.45) is 0 Å². The van der Waals surface area contributed by atoms with E-state index >= 15 is 0 Å². The molecule has 1 amide bonds. The van der Waals surface area contributed by atoms with E-state index in [4.69, 9.17) is 37.7 Å². The monoisotopic (exact) mass is 771 g/mol. The summed E-state index contributed by atoms with van der Waals surface area (Å²) in [5, 5.41) is 21.9. The van der Waals surface area contributed by atoms with Crippen LogP contribution >= 0.6 is 46.3 Å². The maximum Gasteiger partial charge on any atom is 0.301 e. The molecule has 0 aliphatic carbocycles. The molecular formula is C38H31Cl2N5O5S2. The van der Waals surface area contributed by atoms with Gasteiger partial charge in [0.2, 0.25) is 5.13 Å². The quantitative estimate of drug-likeness (QED) is 0.0453. The average Bonchev–Trinajstić information content (AvgIpc) is 3.82. The number of Topliss-reactive ketones (excluding diaryl/α,β-unsaturated/α-hetero) is 1. The number of hydrogen-bond donors (Lipinski definition) is 1. The Morgan fingerprint density at radius 1 is 0.962 bits per heavy atom. The Bertz CT molecular complexity index is 2360. The number of ketones is 1. The Hall–Kier alpha value is -4.88. The number of rotatable bonds is 11. The van der Waals surface area contributed by atoms with Gasteiger partial charge < -0.3 is 19.0 Å². The first kappa shape index (κ1) is 35.5. The summed E-state index contributed by atoms with van der Waals surface area (Å²) in [4.78, 5) is 34.0. The number of aryl methyl sites for hydroxylation is 2. The van der Waals surface area contributed by atoms with Crippen molar-refractivity contribution < 1.29 is 24.2 Å². The van der Waals surface area contributed by atoms with Crippen molar-refractivity contribution in [3.8, 4) is 11.5 Å². The lowest BCUT2D eigenvalue weighted by atomic mass is 9.96. The molecule has 7 rings (SSSR count). The Labute approximate surface area is 317 Å². The number of halogens is 2. The summed E-state index contributed by atoms with van der Waals surface area (Å²) in [6, 6.07) is 22.9. The molecule has 0 spiro atoms. The van der Waals surface area contributed by atoms with Crippen molar-refractivity contribution in [3.63, 3.8) is 0 Å². The third-order valence-corrected chi connectivity index (χ3v) is 11.2. The van der Waals surface area contributed by atoms with E-state index in [-0.39, 0.29) is 16.4 Å². The van der Waals surface area contributed by atoms with Gasteiger partial charge in [0.25, 0.3) is 5.78 Å². The van der Waals surface area contributed by atoms with Crippen LogP contribution in [0, 0.1) is 13.8 Å². The number of carbonyl (C=O) groups excluding carboxylic acids is 2. The zero-order valence-corrected chi connectivity index (χ0v) is 31.3. The first-order valence-corrected chi connectivity index (χ1v) is 18.8. The minimum absolute atomic E-state index is 0.132. The highest BCUT2D eigenvalue weighted by molar-refractivity contribution is 8.00. The number of carbonyl (C=O) groups is 2. The number of fused-ring (bicyclic) bond motifs is 1. The molecule has 1 fully saturated rings. The molecule has 1 unspecified atom stereocenters. The largest absolute Gasteiger partial charge is 0.505 e. The third-order valence-electron chi connectivity index (χ3n) is 8.54. The van der Waals surface area contributed by atoms with Crippen LogP contribution in [-0.4, -0.2) is 43.0 Å². The SMILES string of the molecule is CCOc1cc(C2/C(=C(\O)c3nc4c(C)cccn4c3C)C(=O)C(=O)N2c2nnc(SCc3ccc(Cl)cc3Cl)s2)ccc1OCc1ccccc1. The fourth-order valence-corrected chi connectivity index (χ4v) is 8.40. The van der Waals surface area contributed by atoms with Crippen LogP contribution in [0.1, 0.15) is 46.6 Å². The molecule has 6 aromatic rings. The topological polar surface area (TPSA) is 119 Å². The normalized spacial score (nSPS) is 15.5. The van der Waals surface area contributed by atoms with E-state index in [0.29, 0.717) is 61.8 Å². The number of pyridine rings is 1. The first-order chi connectivity index (χ1) is 25.1. The Morgan fingerprint density at radius 2 is 1.77 bits per heavy atom. The van der Waals surface area contributed by atoms with Gasteiger partial charge in [-0.05, 0) is 73.4 Å². The highest BCUT2D eigenvalue weighted by Gasteiger charge is 2.49. The van der Waals surface area contributed by atoms with Gasteiger partial charge in [0.1, 0.15) is 17.9 Å². The van der Waals surface area contributed by atoms with E-state index in [2.05, 4.69) is 10.2 Å². The number of nitrogens with zero attached hydrogens (tertiary/aromatic N) is 5. The van der Waals surface area contributed by atoms with Gasteiger partial charge in [0.05, 0.1) is 23.9 Å². The van der Waals surface area contributed by atoms with E-state index in [1.54, 1.807) is 37.3 Å². The number of benzene rings is 3. The molecular weight excluding hydrogens is 741 g/mol. The van der Waals surface area contributed by atoms with Crippen molar-refractivity contribution in [2.45, 2.75) is 43.5 Å². The lowest BCUT2D eigenvalue weighted by Crippen LogP contribution is -2.29. The molecule has 1 aliphatic heterocycles. The molecule has 4 heterocycles. The van der Waals surface area contributed by atoms with Crippen LogP contribution < -0.4 is 14.4 Å². The van der Waals surface area contributed by atoms with Gasteiger partial charge in [0, 0.05) is 22.0 Å². The summed E-state index contributed by atoms with van der Waals surface area (Å²) in [5.74, 6) is -0.773. The molecule has 1 atom stereocenters. The second-order valence-corrected chi connectivity index (χ2v) is 14.9. The fraction of sp³-hybridized carbons (Fsp3) is 0.184. The van der Waals surface area contributed by atoms with Gasteiger partial charge in [-0.3, -0.25) is 14.5 Å². The summed E-state index contributed by atoms with van der Waals surface area (Å²) >= 11 is 15.0. The number of aliphatic hydroxyl groups is 1. The van der Waals surface area contributed by atoms with E-state index in [9.17, 15) is 14.7 Å². The summed E-state index contributed by atoms with van der Waals surface area (Å²) < 4.78 is 14.5. The second kappa shape index (κ2) is 15.0. The van der Waals surface area contributed by atoms with Gasteiger partial charge in [-0.25, -0.2) is 4.98 Å². The van der Waals surface area contributed by atoms with Crippen molar-refractivity contribution in [1.82, 2.24) is 19.6 Å². The summed E-state index contributed by atoms with van der Waals surface area (Å²) in [5.41, 5.74) is 4.49. The zero-order valence-electron chi connectivity index (χ0n) is 28.2. The smallest absolute Gasteiger partial charge is 0.301 e. The zero-order chi connectivity index (χ0) is 36.5.